The van der Waals surface area contributed by atoms with Gasteiger partial charge >= 0.3 is 0 Å². The van der Waals surface area contributed by atoms with Crippen LogP contribution >= 0.6 is 11.6 Å². The second-order valence-corrected chi connectivity index (χ2v) is 11.1. The monoisotopic (exact) mass is 547 g/mol. The number of hydrogen-bond acceptors (Lipinski definition) is 7. The summed E-state index contributed by atoms with van der Waals surface area (Å²) in [5.41, 5.74) is 7.01. The lowest BCUT2D eigenvalue weighted by Crippen LogP contribution is -2.47. The highest BCUT2D eigenvalue weighted by atomic mass is 35.5. The number of aromatic nitrogens is 2. The lowest BCUT2D eigenvalue weighted by Gasteiger charge is -2.38. The lowest BCUT2D eigenvalue weighted by atomic mass is 9.98. The number of fused-ring (bicyclic) bond motifs is 2. The number of hydrogen-bond donors (Lipinski definition) is 3. The molecule has 0 spiro atoms. The molecule has 0 radical (unpaired) electrons. The SMILES string of the molecule is OCC1CN(Cc2ccc(-c3ccc(-c4cc5nc(O[C@@H]6CO[C@H]7[C@@H]6OC[C@H]7O)[nH]c5cc4Cl)cc3)cc2)C1. The highest BCUT2D eigenvalue weighted by Gasteiger charge is 2.48. The first-order valence-electron chi connectivity index (χ1n) is 13.3. The molecule has 0 saturated carbocycles. The summed E-state index contributed by atoms with van der Waals surface area (Å²) in [6, 6.07) is 21.2. The van der Waals surface area contributed by atoms with Gasteiger partial charge in [-0.1, -0.05) is 60.1 Å². The molecule has 3 saturated heterocycles. The molecule has 3 aliphatic rings. The third-order valence-corrected chi connectivity index (χ3v) is 8.29. The first-order chi connectivity index (χ1) is 19.0. The second-order valence-electron chi connectivity index (χ2n) is 10.7. The molecule has 4 aromatic rings. The van der Waals surface area contributed by atoms with Gasteiger partial charge in [-0.3, -0.25) is 4.90 Å². The Morgan fingerprint density at radius 3 is 2.38 bits per heavy atom. The lowest BCUT2D eigenvalue weighted by molar-refractivity contribution is 0.00706. The Morgan fingerprint density at radius 2 is 1.64 bits per heavy atom. The predicted octanol–water partition coefficient (Wildman–Crippen LogP) is 3.88. The summed E-state index contributed by atoms with van der Waals surface area (Å²) in [5.74, 6) is 0.429. The zero-order valence-corrected chi connectivity index (χ0v) is 22.1. The topological polar surface area (TPSA) is 100 Å². The number of halogens is 1. The molecule has 39 heavy (non-hydrogen) atoms. The fourth-order valence-electron chi connectivity index (χ4n) is 5.80. The van der Waals surface area contributed by atoms with E-state index in [1.807, 2.05) is 12.1 Å². The van der Waals surface area contributed by atoms with Gasteiger partial charge in [-0.15, -0.1) is 0 Å². The number of aliphatic hydroxyl groups is 2. The van der Waals surface area contributed by atoms with Crippen molar-refractivity contribution in [3.63, 3.8) is 0 Å². The van der Waals surface area contributed by atoms with E-state index in [-0.39, 0.29) is 31.5 Å². The van der Waals surface area contributed by atoms with E-state index in [1.165, 1.54) is 5.56 Å². The van der Waals surface area contributed by atoms with Crippen molar-refractivity contribution in [2.75, 3.05) is 32.9 Å². The van der Waals surface area contributed by atoms with E-state index < -0.39 is 6.10 Å². The van der Waals surface area contributed by atoms with E-state index in [1.54, 1.807) is 0 Å². The Morgan fingerprint density at radius 1 is 0.949 bits per heavy atom. The van der Waals surface area contributed by atoms with E-state index in [9.17, 15) is 10.2 Å². The van der Waals surface area contributed by atoms with Crippen LogP contribution in [0.2, 0.25) is 5.02 Å². The first kappa shape index (κ1) is 25.0. The summed E-state index contributed by atoms with van der Waals surface area (Å²) >= 11 is 6.68. The van der Waals surface area contributed by atoms with Crippen molar-refractivity contribution >= 4 is 22.6 Å². The number of aliphatic hydroxyl groups excluding tert-OH is 2. The number of nitrogens with zero attached hydrogens (tertiary/aromatic N) is 2. The minimum Gasteiger partial charge on any atom is -0.456 e. The molecule has 7 rings (SSSR count). The molecular formula is C30H30ClN3O5. The van der Waals surface area contributed by atoms with Crippen molar-refractivity contribution in [3.05, 3.63) is 71.2 Å². The third-order valence-electron chi connectivity index (χ3n) is 7.97. The van der Waals surface area contributed by atoms with Gasteiger partial charge in [0.25, 0.3) is 6.01 Å². The number of ether oxygens (including phenoxy) is 3. The Bertz CT molecular complexity index is 1470. The maximum absolute atomic E-state index is 9.96. The van der Waals surface area contributed by atoms with E-state index in [0.717, 1.165) is 52.9 Å². The van der Waals surface area contributed by atoms with Crippen LogP contribution in [-0.4, -0.2) is 82.4 Å². The van der Waals surface area contributed by atoms with Gasteiger partial charge in [-0.2, -0.15) is 4.98 Å². The van der Waals surface area contributed by atoms with E-state index in [4.69, 9.17) is 25.8 Å². The predicted molar refractivity (Wildman–Crippen MR) is 148 cm³/mol. The maximum Gasteiger partial charge on any atom is 0.295 e. The highest BCUT2D eigenvalue weighted by molar-refractivity contribution is 6.34. The van der Waals surface area contributed by atoms with Gasteiger partial charge < -0.3 is 29.4 Å². The molecule has 4 heterocycles. The van der Waals surface area contributed by atoms with Gasteiger partial charge in [0.2, 0.25) is 0 Å². The molecule has 0 aliphatic carbocycles. The van der Waals surface area contributed by atoms with Crippen LogP contribution in [-0.2, 0) is 16.0 Å². The number of likely N-dealkylation sites (tertiary alicyclic amines) is 1. The Kier molecular flexibility index (Phi) is 6.55. The van der Waals surface area contributed by atoms with Crippen molar-refractivity contribution in [2.24, 2.45) is 5.92 Å². The molecule has 4 atom stereocenters. The molecule has 3 N–H and O–H groups in total. The van der Waals surface area contributed by atoms with Crippen LogP contribution in [0.5, 0.6) is 6.01 Å². The normalized spacial score (nSPS) is 25.2. The van der Waals surface area contributed by atoms with Crippen LogP contribution in [0.25, 0.3) is 33.3 Å². The molecule has 0 unspecified atom stereocenters. The molecular weight excluding hydrogens is 518 g/mol. The van der Waals surface area contributed by atoms with Crippen LogP contribution in [0.3, 0.4) is 0 Å². The van der Waals surface area contributed by atoms with Gasteiger partial charge in [-0.05, 0) is 34.4 Å². The smallest absolute Gasteiger partial charge is 0.295 e. The van der Waals surface area contributed by atoms with E-state index >= 15 is 0 Å². The fourth-order valence-corrected chi connectivity index (χ4v) is 6.07. The van der Waals surface area contributed by atoms with Crippen LogP contribution in [0.4, 0.5) is 0 Å². The van der Waals surface area contributed by atoms with Crippen molar-refractivity contribution in [1.82, 2.24) is 14.9 Å². The van der Waals surface area contributed by atoms with Gasteiger partial charge in [0.15, 0.2) is 6.10 Å². The molecule has 1 aromatic heterocycles. The molecule has 3 fully saturated rings. The Hall–Kier alpha value is -2.98. The maximum atomic E-state index is 9.96. The van der Waals surface area contributed by atoms with Crippen LogP contribution < -0.4 is 4.74 Å². The molecule has 3 aliphatic heterocycles. The highest BCUT2D eigenvalue weighted by Crippen LogP contribution is 2.35. The van der Waals surface area contributed by atoms with Gasteiger partial charge in [0.05, 0.1) is 29.3 Å². The summed E-state index contributed by atoms with van der Waals surface area (Å²) in [4.78, 5) is 10.2. The van der Waals surface area contributed by atoms with Gasteiger partial charge in [0, 0.05) is 37.7 Å². The largest absolute Gasteiger partial charge is 0.456 e. The summed E-state index contributed by atoms with van der Waals surface area (Å²) in [6.07, 6.45) is -1.61. The van der Waals surface area contributed by atoms with Crippen molar-refractivity contribution in [2.45, 2.75) is 31.0 Å². The molecule has 202 valence electrons. The molecule has 0 amide bonds. The third kappa shape index (κ3) is 4.82. The number of imidazole rings is 1. The van der Waals surface area contributed by atoms with E-state index in [0.29, 0.717) is 23.6 Å². The van der Waals surface area contributed by atoms with Crippen molar-refractivity contribution in [3.8, 4) is 28.3 Å². The van der Waals surface area contributed by atoms with Crippen LogP contribution in [0.1, 0.15) is 5.56 Å². The minimum absolute atomic E-state index is 0.254. The molecule has 0 bridgehead atoms. The number of rotatable bonds is 7. The molecule has 3 aromatic carbocycles. The summed E-state index contributed by atoms with van der Waals surface area (Å²) in [5, 5.41) is 19.8. The van der Waals surface area contributed by atoms with E-state index in [2.05, 4.69) is 63.4 Å². The molecule has 8 nitrogen and oxygen atoms in total. The van der Waals surface area contributed by atoms with Crippen molar-refractivity contribution in [1.29, 1.82) is 0 Å². The van der Waals surface area contributed by atoms with Crippen LogP contribution in [0.15, 0.2) is 60.7 Å². The first-order valence-corrected chi connectivity index (χ1v) is 13.7. The zero-order chi connectivity index (χ0) is 26.5. The zero-order valence-electron chi connectivity index (χ0n) is 21.3. The summed E-state index contributed by atoms with van der Waals surface area (Å²) in [7, 11) is 0. The average Bonchev–Trinajstić information content (AvgIpc) is 3.62. The quantitative estimate of drug-likeness (QED) is 0.323. The van der Waals surface area contributed by atoms with Gasteiger partial charge in [0.1, 0.15) is 18.3 Å². The number of benzene rings is 3. The van der Waals surface area contributed by atoms with Crippen molar-refractivity contribution < 1.29 is 24.4 Å². The average molecular weight is 548 g/mol. The molecule has 9 heteroatoms. The number of aromatic amines is 1. The van der Waals surface area contributed by atoms with Gasteiger partial charge in [-0.25, -0.2) is 0 Å². The minimum atomic E-state index is -0.622. The number of nitrogens with one attached hydrogen (secondary N) is 1. The number of H-pyrrole nitrogens is 1. The Balaban J connectivity index is 1.05. The second kappa shape index (κ2) is 10.2. The van der Waals surface area contributed by atoms with Crippen LogP contribution in [0, 0.1) is 5.92 Å². The summed E-state index contributed by atoms with van der Waals surface area (Å²) in [6.45, 7) is 3.73. The summed E-state index contributed by atoms with van der Waals surface area (Å²) < 4.78 is 17.3. The fraction of sp³-hybridized carbons (Fsp3) is 0.367. The standard InChI is InChI=1S/C30H30ClN3O5/c31-23-10-25-24(32-30(33-25)39-27-16-38-28-26(36)15-37-29(27)28)9-22(23)21-7-5-20(6-8-21)19-3-1-17(2-4-19)11-34-12-18(13-34)14-35/h1-10,18,26-29,35-36H,11-16H2,(H,32,33)/t26-,27-,28-,29-/m1/s1. The Labute approximate surface area is 231 Å².